The molecular weight excluding hydrogens is 168 g/mol. The van der Waals surface area contributed by atoms with E-state index in [9.17, 15) is 4.79 Å². The standard InChI is InChI=1S/C8H14N4O/c1-2-3-4-5(13)6-7(9)11-12-8(6)10/h2,6-7,11H,1,3-4,9H2,(H2,10,12). The zero-order valence-corrected chi connectivity index (χ0v) is 7.36. The van der Waals surface area contributed by atoms with Gasteiger partial charge < -0.3 is 11.5 Å². The molecule has 0 bridgehead atoms. The molecule has 0 fully saturated rings. The summed E-state index contributed by atoms with van der Waals surface area (Å²) in [6.07, 6.45) is 2.28. The molecule has 1 aliphatic heterocycles. The number of hydrogen-bond donors (Lipinski definition) is 3. The highest BCUT2D eigenvalue weighted by Gasteiger charge is 2.32. The summed E-state index contributed by atoms with van der Waals surface area (Å²) >= 11 is 0. The van der Waals surface area contributed by atoms with Crippen LogP contribution in [-0.2, 0) is 4.79 Å². The van der Waals surface area contributed by atoms with Gasteiger partial charge in [-0.25, -0.2) is 0 Å². The van der Waals surface area contributed by atoms with Gasteiger partial charge in [0.25, 0.3) is 0 Å². The molecule has 2 atom stereocenters. The molecule has 0 radical (unpaired) electrons. The van der Waals surface area contributed by atoms with Gasteiger partial charge in [0.1, 0.15) is 23.7 Å². The van der Waals surface area contributed by atoms with E-state index in [-0.39, 0.29) is 11.6 Å². The number of nitrogens with one attached hydrogen (secondary N) is 1. The number of carbonyl (C=O) groups excluding carboxylic acids is 1. The number of hydrogen-bond acceptors (Lipinski definition) is 5. The van der Waals surface area contributed by atoms with E-state index >= 15 is 0 Å². The molecule has 13 heavy (non-hydrogen) atoms. The Labute approximate surface area is 76.9 Å². The average Bonchev–Trinajstić information content (AvgIpc) is 2.42. The number of nitrogens with zero attached hydrogens (tertiary/aromatic N) is 1. The number of carbonyl (C=O) groups is 1. The summed E-state index contributed by atoms with van der Waals surface area (Å²) in [6.45, 7) is 3.54. The molecule has 0 saturated heterocycles. The van der Waals surface area contributed by atoms with Crippen molar-refractivity contribution in [2.24, 2.45) is 22.5 Å². The highest BCUT2D eigenvalue weighted by molar-refractivity contribution is 6.04. The van der Waals surface area contributed by atoms with E-state index in [1.807, 2.05) is 0 Å². The second-order valence-corrected chi connectivity index (χ2v) is 2.96. The van der Waals surface area contributed by atoms with Gasteiger partial charge in [0.2, 0.25) is 0 Å². The number of nitrogens with two attached hydrogens (primary N) is 2. The summed E-state index contributed by atoms with van der Waals surface area (Å²) in [5.41, 5.74) is 13.7. The van der Waals surface area contributed by atoms with Gasteiger partial charge in [-0.2, -0.15) is 5.10 Å². The van der Waals surface area contributed by atoms with Crippen molar-refractivity contribution in [3.8, 4) is 0 Å². The maximum absolute atomic E-state index is 11.5. The van der Waals surface area contributed by atoms with Gasteiger partial charge in [-0.05, 0) is 6.42 Å². The minimum atomic E-state index is -0.475. The van der Waals surface area contributed by atoms with Gasteiger partial charge >= 0.3 is 0 Å². The number of hydrazone groups is 1. The zero-order chi connectivity index (χ0) is 9.84. The van der Waals surface area contributed by atoms with Crippen molar-refractivity contribution in [2.75, 3.05) is 0 Å². The molecule has 0 saturated carbocycles. The molecule has 5 nitrogen and oxygen atoms in total. The molecule has 0 aromatic carbocycles. The van der Waals surface area contributed by atoms with Crippen molar-refractivity contribution < 1.29 is 4.79 Å². The highest BCUT2D eigenvalue weighted by atomic mass is 16.1. The topological polar surface area (TPSA) is 93.5 Å². The van der Waals surface area contributed by atoms with Gasteiger partial charge in [0.15, 0.2) is 0 Å². The summed E-state index contributed by atoms with van der Waals surface area (Å²) in [4.78, 5) is 11.5. The minimum absolute atomic E-state index is 0.0126. The number of amidine groups is 1. The van der Waals surface area contributed by atoms with Crippen LogP contribution in [0.5, 0.6) is 0 Å². The lowest BCUT2D eigenvalue weighted by molar-refractivity contribution is -0.121. The van der Waals surface area contributed by atoms with Crippen LogP contribution >= 0.6 is 0 Å². The maximum atomic E-state index is 11.5. The molecule has 1 heterocycles. The molecular formula is C8H14N4O. The normalized spacial score (nSPS) is 26.4. The molecule has 0 aromatic rings. The molecule has 2 unspecified atom stereocenters. The first-order chi connectivity index (χ1) is 6.16. The first-order valence-electron chi connectivity index (χ1n) is 4.14. The van der Waals surface area contributed by atoms with Crippen molar-refractivity contribution in [1.29, 1.82) is 0 Å². The Morgan fingerprint density at radius 2 is 2.46 bits per heavy atom. The number of rotatable bonds is 4. The molecule has 0 spiro atoms. The number of allylic oxidation sites excluding steroid dienone is 1. The minimum Gasteiger partial charge on any atom is -0.385 e. The predicted octanol–water partition coefficient (Wildman–Crippen LogP) is -0.702. The van der Waals surface area contributed by atoms with E-state index in [2.05, 4.69) is 17.1 Å². The van der Waals surface area contributed by atoms with E-state index in [0.29, 0.717) is 12.8 Å². The summed E-state index contributed by atoms with van der Waals surface area (Å²) in [5.74, 6) is -0.180. The predicted molar refractivity (Wildman–Crippen MR) is 50.7 cm³/mol. The first kappa shape index (κ1) is 9.73. The van der Waals surface area contributed by atoms with Gasteiger partial charge in [0, 0.05) is 6.42 Å². The first-order valence-corrected chi connectivity index (χ1v) is 4.14. The van der Waals surface area contributed by atoms with Gasteiger partial charge in [-0.15, -0.1) is 6.58 Å². The smallest absolute Gasteiger partial charge is 0.147 e. The van der Waals surface area contributed by atoms with Crippen LogP contribution in [0.2, 0.25) is 0 Å². The maximum Gasteiger partial charge on any atom is 0.147 e. The van der Waals surface area contributed by atoms with Crippen LogP contribution in [0.3, 0.4) is 0 Å². The van der Waals surface area contributed by atoms with Gasteiger partial charge in [-0.3, -0.25) is 10.2 Å². The lowest BCUT2D eigenvalue weighted by Crippen LogP contribution is -2.44. The fraction of sp³-hybridized carbons (Fsp3) is 0.500. The van der Waals surface area contributed by atoms with E-state index < -0.39 is 12.1 Å². The summed E-state index contributed by atoms with van der Waals surface area (Å²) < 4.78 is 0. The molecule has 5 heteroatoms. The second-order valence-electron chi connectivity index (χ2n) is 2.96. The molecule has 0 aromatic heterocycles. The lowest BCUT2D eigenvalue weighted by atomic mass is 9.97. The van der Waals surface area contributed by atoms with Crippen LogP contribution in [0.4, 0.5) is 0 Å². The van der Waals surface area contributed by atoms with Crippen molar-refractivity contribution in [2.45, 2.75) is 19.0 Å². The third-order valence-electron chi connectivity index (χ3n) is 1.96. The monoisotopic (exact) mass is 182 g/mol. The van der Waals surface area contributed by atoms with Crippen LogP contribution in [0.1, 0.15) is 12.8 Å². The van der Waals surface area contributed by atoms with E-state index in [4.69, 9.17) is 11.5 Å². The Hall–Kier alpha value is -1.36. The second kappa shape index (κ2) is 4.04. The molecule has 0 aliphatic carbocycles. The van der Waals surface area contributed by atoms with Crippen molar-refractivity contribution in [3.63, 3.8) is 0 Å². The number of Topliss-reactive ketones (excluding diaryl/α,β-unsaturated/α-hetero) is 1. The molecule has 0 amide bonds. The average molecular weight is 182 g/mol. The summed E-state index contributed by atoms with van der Waals surface area (Å²) in [5, 5.41) is 3.70. The fourth-order valence-electron chi connectivity index (χ4n) is 1.24. The van der Waals surface area contributed by atoms with Crippen LogP contribution in [-0.4, -0.2) is 17.8 Å². The van der Waals surface area contributed by atoms with Gasteiger partial charge in [0.05, 0.1) is 0 Å². The summed E-state index contributed by atoms with van der Waals surface area (Å²) in [6, 6.07) is 0. The SMILES string of the molecule is C=CCCC(=O)C1C(N)=NNC1N. The molecule has 1 aliphatic rings. The van der Waals surface area contributed by atoms with Crippen molar-refractivity contribution in [1.82, 2.24) is 5.43 Å². The largest absolute Gasteiger partial charge is 0.385 e. The Balaban J connectivity index is 2.55. The zero-order valence-electron chi connectivity index (χ0n) is 7.36. The molecule has 1 rings (SSSR count). The van der Waals surface area contributed by atoms with E-state index in [1.165, 1.54) is 0 Å². The van der Waals surface area contributed by atoms with Crippen LogP contribution in [0.25, 0.3) is 0 Å². The third-order valence-corrected chi connectivity index (χ3v) is 1.96. The lowest BCUT2D eigenvalue weighted by Gasteiger charge is -2.12. The third kappa shape index (κ3) is 2.06. The fourth-order valence-corrected chi connectivity index (χ4v) is 1.24. The van der Waals surface area contributed by atoms with E-state index in [0.717, 1.165) is 0 Å². The van der Waals surface area contributed by atoms with Crippen molar-refractivity contribution in [3.05, 3.63) is 12.7 Å². The Bertz CT molecular complexity index is 249. The number of ketones is 1. The van der Waals surface area contributed by atoms with Crippen LogP contribution in [0, 0.1) is 5.92 Å². The van der Waals surface area contributed by atoms with Crippen LogP contribution in [0.15, 0.2) is 17.8 Å². The van der Waals surface area contributed by atoms with Gasteiger partial charge in [-0.1, -0.05) is 6.08 Å². The summed E-state index contributed by atoms with van der Waals surface area (Å²) in [7, 11) is 0. The quantitative estimate of drug-likeness (QED) is 0.501. The van der Waals surface area contributed by atoms with Crippen molar-refractivity contribution >= 4 is 11.6 Å². The van der Waals surface area contributed by atoms with Crippen LogP contribution < -0.4 is 16.9 Å². The molecule has 5 N–H and O–H groups in total. The Kier molecular flexibility index (Phi) is 3.02. The highest BCUT2D eigenvalue weighted by Crippen LogP contribution is 2.11. The Morgan fingerprint density at radius 3 is 2.92 bits per heavy atom. The van der Waals surface area contributed by atoms with E-state index in [1.54, 1.807) is 6.08 Å². The Morgan fingerprint density at radius 1 is 1.77 bits per heavy atom. The molecule has 72 valence electrons.